The smallest absolute Gasteiger partial charge is 0.329 e. The van der Waals surface area contributed by atoms with E-state index in [1.54, 1.807) is 27.8 Å². The second-order valence-corrected chi connectivity index (χ2v) is 7.30. The number of carbonyl (C=O) groups excluding carboxylic acids is 1. The van der Waals surface area contributed by atoms with Crippen LogP contribution in [-0.2, 0) is 19.3 Å². The van der Waals surface area contributed by atoms with E-state index in [4.69, 9.17) is 0 Å². The topological polar surface area (TPSA) is 38.1 Å². The summed E-state index contributed by atoms with van der Waals surface area (Å²) >= 11 is 0. The molecular weight excluding hydrogens is 398 g/mol. The van der Waals surface area contributed by atoms with Crippen molar-refractivity contribution in [1.82, 2.24) is 14.5 Å². The number of amides is 1. The quantitative estimate of drug-likeness (QED) is 0.536. The van der Waals surface area contributed by atoms with Gasteiger partial charge in [0, 0.05) is 30.5 Å². The molecule has 0 bridgehead atoms. The van der Waals surface area contributed by atoms with Gasteiger partial charge in [-0.25, -0.2) is 9.37 Å². The van der Waals surface area contributed by atoms with Gasteiger partial charge in [-0.1, -0.05) is 24.3 Å². The third-order valence-corrected chi connectivity index (χ3v) is 5.10. The van der Waals surface area contributed by atoms with Gasteiger partial charge in [-0.3, -0.25) is 4.79 Å². The van der Waals surface area contributed by atoms with Gasteiger partial charge in [-0.05, 0) is 42.7 Å². The Labute approximate surface area is 170 Å². The molecule has 156 valence electrons. The molecule has 1 aliphatic rings. The first-order valence-electron chi connectivity index (χ1n) is 9.54. The van der Waals surface area contributed by atoms with Crippen LogP contribution in [0.1, 0.15) is 40.2 Å². The fraction of sp³-hybridized carbons (Fsp3) is 0.273. The van der Waals surface area contributed by atoms with Gasteiger partial charge in [0.05, 0.1) is 12.1 Å². The van der Waals surface area contributed by atoms with Gasteiger partial charge >= 0.3 is 6.18 Å². The number of imidazole rings is 1. The van der Waals surface area contributed by atoms with Gasteiger partial charge in [0.15, 0.2) is 0 Å². The number of hydrogen-bond donors (Lipinski definition) is 0. The maximum atomic E-state index is 13.5. The molecule has 1 fully saturated rings. The molecule has 0 unspecified atom stereocenters. The van der Waals surface area contributed by atoms with Crippen molar-refractivity contribution in [2.24, 2.45) is 0 Å². The SMILES string of the molecule is O=C(c1cccc(F)c1)N(Cc1nccn1Cc1ccccc1C(F)(F)F)C1CC1. The van der Waals surface area contributed by atoms with Gasteiger partial charge in [0.2, 0.25) is 0 Å². The lowest BCUT2D eigenvalue weighted by Gasteiger charge is -2.23. The molecule has 1 heterocycles. The molecule has 1 aromatic heterocycles. The van der Waals surface area contributed by atoms with Crippen molar-refractivity contribution in [3.63, 3.8) is 0 Å². The highest BCUT2D eigenvalue weighted by atomic mass is 19.4. The normalized spacial score (nSPS) is 14.0. The highest BCUT2D eigenvalue weighted by Gasteiger charge is 2.35. The first-order chi connectivity index (χ1) is 14.3. The van der Waals surface area contributed by atoms with E-state index in [0.29, 0.717) is 5.82 Å². The lowest BCUT2D eigenvalue weighted by atomic mass is 10.1. The molecule has 0 radical (unpaired) electrons. The number of alkyl halides is 3. The lowest BCUT2D eigenvalue weighted by Crippen LogP contribution is -2.33. The minimum Gasteiger partial charge on any atom is -0.329 e. The number of aromatic nitrogens is 2. The highest BCUT2D eigenvalue weighted by molar-refractivity contribution is 5.94. The zero-order valence-corrected chi connectivity index (χ0v) is 15.9. The van der Waals surface area contributed by atoms with Gasteiger partial charge in [0.1, 0.15) is 11.6 Å². The van der Waals surface area contributed by atoms with Crippen LogP contribution in [0, 0.1) is 5.82 Å². The molecule has 0 atom stereocenters. The van der Waals surface area contributed by atoms with Crippen LogP contribution in [0.4, 0.5) is 17.6 Å². The molecular formula is C22H19F4N3O. The van der Waals surface area contributed by atoms with E-state index >= 15 is 0 Å². The minimum absolute atomic E-state index is 0.0162. The molecule has 0 saturated heterocycles. The van der Waals surface area contributed by atoms with E-state index < -0.39 is 17.6 Å². The molecule has 1 amide bonds. The van der Waals surface area contributed by atoms with Crippen molar-refractivity contribution in [2.75, 3.05) is 0 Å². The van der Waals surface area contributed by atoms with E-state index in [1.165, 1.54) is 36.5 Å². The van der Waals surface area contributed by atoms with Crippen LogP contribution >= 0.6 is 0 Å². The Morgan fingerprint density at radius 3 is 2.60 bits per heavy atom. The average Bonchev–Trinajstić information content (AvgIpc) is 3.46. The van der Waals surface area contributed by atoms with Gasteiger partial charge in [0.25, 0.3) is 5.91 Å². The van der Waals surface area contributed by atoms with Crippen LogP contribution in [-0.4, -0.2) is 26.4 Å². The largest absolute Gasteiger partial charge is 0.416 e. The molecule has 1 aliphatic carbocycles. The highest BCUT2D eigenvalue weighted by Crippen LogP contribution is 2.33. The van der Waals surface area contributed by atoms with E-state index in [2.05, 4.69) is 4.98 Å². The number of rotatable bonds is 6. The average molecular weight is 417 g/mol. The summed E-state index contributed by atoms with van der Waals surface area (Å²) in [5.41, 5.74) is -0.333. The third-order valence-electron chi connectivity index (χ3n) is 5.10. The molecule has 4 nitrogen and oxygen atoms in total. The summed E-state index contributed by atoms with van der Waals surface area (Å²) in [6.45, 7) is 0.124. The number of nitrogens with zero attached hydrogens (tertiary/aromatic N) is 3. The lowest BCUT2D eigenvalue weighted by molar-refractivity contribution is -0.138. The van der Waals surface area contributed by atoms with E-state index in [0.717, 1.165) is 18.9 Å². The summed E-state index contributed by atoms with van der Waals surface area (Å²) in [6.07, 6.45) is 0.311. The third kappa shape index (κ3) is 4.37. The molecule has 2 aromatic carbocycles. The predicted molar refractivity (Wildman–Crippen MR) is 102 cm³/mol. The Kier molecular flexibility index (Phi) is 5.32. The summed E-state index contributed by atoms with van der Waals surface area (Å²) in [5, 5.41) is 0. The molecule has 0 spiro atoms. The number of hydrogen-bond acceptors (Lipinski definition) is 2. The number of carbonyl (C=O) groups is 1. The molecule has 0 aliphatic heterocycles. The second-order valence-electron chi connectivity index (χ2n) is 7.30. The summed E-state index contributed by atoms with van der Waals surface area (Å²) < 4.78 is 55.1. The van der Waals surface area contributed by atoms with Gasteiger partial charge < -0.3 is 9.47 Å². The molecule has 4 rings (SSSR count). The summed E-state index contributed by atoms with van der Waals surface area (Å²) in [5.74, 6) is -0.340. The Morgan fingerprint density at radius 1 is 1.13 bits per heavy atom. The molecule has 8 heteroatoms. The Morgan fingerprint density at radius 2 is 1.90 bits per heavy atom. The second kappa shape index (κ2) is 7.93. The van der Waals surface area contributed by atoms with Crippen molar-refractivity contribution in [3.8, 4) is 0 Å². The van der Waals surface area contributed by atoms with Crippen LogP contribution in [0.5, 0.6) is 0 Å². The minimum atomic E-state index is -4.45. The predicted octanol–water partition coefficient (Wildman–Crippen LogP) is 4.89. The van der Waals surface area contributed by atoms with E-state index in [1.807, 2.05) is 0 Å². The number of benzene rings is 2. The van der Waals surface area contributed by atoms with Crippen molar-refractivity contribution >= 4 is 5.91 Å². The molecule has 3 aromatic rings. The summed E-state index contributed by atoms with van der Waals surface area (Å²) in [4.78, 5) is 18.8. The van der Waals surface area contributed by atoms with Crippen molar-refractivity contribution in [1.29, 1.82) is 0 Å². The van der Waals surface area contributed by atoms with Crippen LogP contribution in [0.2, 0.25) is 0 Å². The fourth-order valence-corrected chi connectivity index (χ4v) is 3.45. The van der Waals surface area contributed by atoms with Crippen LogP contribution < -0.4 is 0 Å². The van der Waals surface area contributed by atoms with Crippen LogP contribution in [0.3, 0.4) is 0 Å². The maximum absolute atomic E-state index is 13.5. The van der Waals surface area contributed by atoms with Crippen molar-refractivity contribution < 1.29 is 22.4 Å². The fourth-order valence-electron chi connectivity index (χ4n) is 3.45. The summed E-state index contributed by atoms with van der Waals surface area (Å²) in [6, 6.07) is 10.9. The van der Waals surface area contributed by atoms with Gasteiger partial charge in [-0.15, -0.1) is 0 Å². The molecule has 30 heavy (non-hydrogen) atoms. The maximum Gasteiger partial charge on any atom is 0.416 e. The molecule has 0 N–H and O–H groups in total. The van der Waals surface area contributed by atoms with Crippen molar-refractivity contribution in [3.05, 3.63) is 89.3 Å². The first-order valence-corrected chi connectivity index (χ1v) is 9.54. The zero-order chi connectivity index (χ0) is 21.3. The zero-order valence-electron chi connectivity index (χ0n) is 15.9. The Bertz CT molecular complexity index is 1060. The summed E-state index contributed by atoms with van der Waals surface area (Å²) in [7, 11) is 0. The van der Waals surface area contributed by atoms with Crippen LogP contribution in [0.25, 0.3) is 0 Å². The standard InChI is InChI=1S/C22H19F4N3O/c23-17-6-3-5-15(12-17)21(30)29(18-8-9-18)14-20-27-10-11-28(20)13-16-4-1-2-7-19(16)22(24,25)26/h1-7,10-12,18H,8-9,13-14H2. The first kappa shape index (κ1) is 20.1. The Hall–Kier alpha value is -3.16. The van der Waals surface area contributed by atoms with E-state index in [-0.39, 0.29) is 36.2 Å². The molecule has 1 saturated carbocycles. The van der Waals surface area contributed by atoms with Crippen molar-refractivity contribution in [2.45, 2.75) is 38.1 Å². The Balaban J connectivity index is 1.58. The number of halogens is 4. The van der Waals surface area contributed by atoms with E-state index in [9.17, 15) is 22.4 Å². The monoisotopic (exact) mass is 417 g/mol. The van der Waals surface area contributed by atoms with Crippen LogP contribution in [0.15, 0.2) is 60.9 Å². The van der Waals surface area contributed by atoms with Gasteiger partial charge in [-0.2, -0.15) is 13.2 Å².